The van der Waals surface area contributed by atoms with Crippen LogP contribution in [0.25, 0.3) is 0 Å². The van der Waals surface area contributed by atoms with Crippen molar-refractivity contribution >= 4 is 10.1 Å². The molecule has 74 valence electrons. The van der Waals surface area contributed by atoms with Crippen molar-refractivity contribution in [3.8, 4) is 0 Å². The maximum Gasteiger partial charge on any atom is 0.264 e. The second-order valence-electron chi connectivity index (χ2n) is 2.91. The van der Waals surface area contributed by atoms with Crippen LogP contribution in [0.15, 0.2) is 0 Å². The van der Waals surface area contributed by atoms with Crippen LogP contribution >= 0.6 is 0 Å². The van der Waals surface area contributed by atoms with E-state index in [1.807, 2.05) is 13.8 Å². The Bertz CT molecular complexity index is 195. The second kappa shape index (κ2) is 5.50. The molecule has 0 amide bonds. The first-order valence-electron chi connectivity index (χ1n) is 3.98. The molecule has 0 rings (SSSR count). The lowest BCUT2D eigenvalue weighted by atomic mass is 10.3. The Morgan fingerprint density at radius 1 is 1.33 bits per heavy atom. The molecule has 0 radical (unpaired) electrons. The van der Waals surface area contributed by atoms with Gasteiger partial charge in [0.1, 0.15) is 0 Å². The Morgan fingerprint density at radius 3 is 2.33 bits per heavy atom. The molecule has 0 heterocycles. The van der Waals surface area contributed by atoms with E-state index in [1.165, 1.54) is 0 Å². The van der Waals surface area contributed by atoms with Crippen molar-refractivity contribution in [2.24, 2.45) is 0 Å². The standard InChI is InChI=1S/C7H16O4S/c1-7(2)11-5-3-4-6-12(8,9)10/h7H,3-6H2,1-2H3,(H,8,9,10). The predicted molar refractivity (Wildman–Crippen MR) is 46.7 cm³/mol. The van der Waals surface area contributed by atoms with Crippen molar-refractivity contribution < 1.29 is 17.7 Å². The molecule has 0 aromatic rings. The summed E-state index contributed by atoms with van der Waals surface area (Å²) in [6, 6.07) is 0. The van der Waals surface area contributed by atoms with Gasteiger partial charge in [-0.3, -0.25) is 4.55 Å². The number of rotatable bonds is 6. The minimum absolute atomic E-state index is 0.172. The zero-order chi connectivity index (χ0) is 9.61. The summed E-state index contributed by atoms with van der Waals surface area (Å²) in [4.78, 5) is 0. The quantitative estimate of drug-likeness (QED) is 0.510. The highest BCUT2D eigenvalue weighted by Crippen LogP contribution is 1.96. The van der Waals surface area contributed by atoms with Gasteiger partial charge in [-0.1, -0.05) is 0 Å². The minimum atomic E-state index is -3.78. The average molecular weight is 196 g/mol. The lowest BCUT2D eigenvalue weighted by Gasteiger charge is -2.05. The van der Waals surface area contributed by atoms with E-state index in [1.54, 1.807) is 0 Å². The first kappa shape index (κ1) is 11.9. The molecule has 12 heavy (non-hydrogen) atoms. The van der Waals surface area contributed by atoms with Crippen LogP contribution in [0.1, 0.15) is 26.7 Å². The average Bonchev–Trinajstić information content (AvgIpc) is 1.83. The van der Waals surface area contributed by atoms with E-state index in [9.17, 15) is 8.42 Å². The van der Waals surface area contributed by atoms with Crippen LogP contribution < -0.4 is 0 Å². The number of hydrogen-bond acceptors (Lipinski definition) is 3. The summed E-state index contributed by atoms with van der Waals surface area (Å²) < 4.78 is 34.0. The van der Waals surface area contributed by atoms with E-state index >= 15 is 0 Å². The van der Waals surface area contributed by atoms with E-state index < -0.39 is 10.1 Å². The van der Waals surface area contributed by atoms with Crippen LogP contribution in [0.4, 0.5) is 0 Å². The van der Waals surface area contributed by atoms with Crippen molar-refractivity contribution in [2.75, 3.05) is 12.4 Å². The topological polar surface area (TPSA) is 63.6 Å². The normalized spacial score (nSPS) is 12.3. The lowest BCUT2D eigenvalue weighted by Crippen LogP contribution is -2.07. The second-order valence-corrected chi connectivity index (χ2v) is 4.48. The molecule has 0 aliphatic rings. The van der Waals surface area contributed by atoms with Gasteiger partial charge in [0.2, 0.25) is 0 Å². The smallest absolute Gasteiger partial charge is 0.264 e. The Hall–Kier alpha value is -0.130. The van der Waals surface area contributed by atoms with Crippen LogP contribution in [0.3, 0.4) is 0 Å². The summed E-state index contributed by atoms with van der Waals surface area (Å²) >= 11 is 0. The highest BCUT2D eigenvalue weighted by Gasteiger charge is 2.03. The Labute approximate surface area is 73.7 Å². The first-order chi connectivity index (χ1) is 5.42. The molecule has 0 fully saturated rings. The first-order valence-corrected chi connectivity index (χ1v) is 5.59. The van der Waals surface area contributed by atoms with Gasteiger partial charge >= 0.3 is 0 Å². The lowest BCUT2D eigenvalue weighted by molar-refractivity contribution is 0.0767. The van der Waals surface area contributed by atoms with Crippen LogP contribution in [0.2, 0.25) is 0 Å². The van der Waals surface area contributed by atoms with Gasteiger partial charge in [-0.2, -0.15) is 8.42 Å². The summed E-state index contributed by atoms with van der Waals surface area (Å²) in [5.41, 5.74) is 0. The summed E-state index contributed by atoms with van der Waals surface area (Å²) in [7, 11) is -3.78. The fraction of sp³-hybridized carbons (Fsp3) is 1.00. The molecule has 0 aliphatic carbocycles. The van der Waals surface area contributed by atoms with Crippen LogP contribution in [0.5, 0.6) is 0 Å². The van der Waals surface area contributed by atoms with Gasteiger partial charge in [0.25, 0.3) is 10.1 Å². The van der Waals surface area contributed by atoms with Crippen LogP contribution in [-0.4, -0.2) is 31.4 Å². The van der Waals surface area contributed by atoms with E-state index in [-0.39, 0.29) is 11.9 Å². The van der Waals surface area contributed by atoms with Crippen LogP contribution in [-0.2, 0) is 14.9 Å². The van der Waals surface area contributed by atoms with Gasteiger partial charge in [-0.25, -0.2) is 0 Å². The van der Waals surface area contributed by atoms with E-state index in [0.717, 1.165) is 0 Å². The maximum absolute atomic E-state index is 10.2. The van der Waals surface area contributed by atoms with E-state index in [2.05, 4.69) is 0 Å². The molecule has 0 spiro atoms. The van der Waals surface area contributed by atoms with Crippen molar-refractivity contribution in [1.29, 1.82) is 0 Å². The molecule has 0 saturated heterocycles. The number of ether oxygens (including phenoxy) is 1. The summed E-state index contributed by atoms with van der Waals surface area (Å²) in [6.07, 6.45) is 1.29. The molecule has 4 nitrogen and oxygen atoms in total. The van der Waals surface area contributed by atoms with Crippen molar-refractivity contribution in [3.63, 3.8) is 0 Å². The zero-order valence-corrected chi connectivity index (χ0v) is 8.30. The molecule has 0 aliphatic heterocycles. The van der Waals surface area contributed by atoms with Crippen molar-refractivity contribution in [2.45, 2.75) is 32.8 Å². The highest BCUT2D eigenvalue weighted by molar-refractivity contribution is 7.85. The van der Waals surface area contributed by atoms with Crippen molar-refractivity contribution in [1.82, 2.24) is 0 Å². The largest absolute Gasteiger partial charge is 0.379 e. The van der Waals surface area contributed by atoms with Gasteiger partial charge in [-0.05, 0) is 26.7 Å². The van der Waals surface area contributed by atoms with Crippen molar-refractivity contribution in [3.05, 3.63) is 0 Å². The van der Waals surface area contributed by atoms with E-state index in [4.69, 9.17) is 9.29 Å². The maximum atomic E-state index is 10.2. The Kier molecular flexibility index (Phi) is 5.44. The molecule has 1 N–H and O–H groups in total. The predicted octanol–water partition coefficient (Wildman–Crippen LogP) is 1.08. The molecule has 0 bridgehead atoms. The van der Waals surface area contributed by atoms with E-state index in [0.29, 0.717) is 19.4 Å². The third kappa shape index (κ3) is 9.87. The van der Waals surface area contributed by atoms with Gasteiger partial charge < -0.3 is 4.74 Å². The highest BCUT2D eigenvalue weighted by atomic mass is 32.2. The van der Waals surface area contributed by atoms with Gasteiger partial charge in [-0.15, -0.1) is 0 Å². The number of hydrogen-bond donors (Lipinski definition) is 1. The monoisotopic (exact) mass is 196 g/mol. The molecule has 0 saturated carbocycles. The van der Waals surface area contributed by atoms with Gasteiger partial charge in [0, 0.05) is 6.61 Å². The summed E-state index contributed by atoms with van der Waals surface area (Å²) in [5, 5.41) is 0. The molecular formula is C7H16O4S. The molecule has 0 atom stereocenters. The fourth-order valence-electron chi connectivity index (χ4n) is 0.706. The summed E-state index contributed by atoms with van der Waals surface area (Å²) in [6.45, 7) is 4.39. The minimum Gasteiger partial charge on any atom is -0.379 e. The number of unbranched alkanes of at least 4 members (excludes halogenated alkanes) is 1. The molecular weight excluding hydrogens is 180 g/mol. The molecule has 0 aromatic heterocycles. The molecule has 0 aromatic carbocycles. The Morgan fingerprint density at radius 2 is 1.92 bits per heavy atom. The van der Waals surface area contributed by atoms with Crippen LogP contribution in [0, 0.1) is 0 Å². The fourth-order valence-corrected chi connectivity index (χ4v) is 1.27. The third-order valence-electron chi connectivity index (χ3n) is 1.25. The molecule has 0 unspecified atom stereocenters. The van der Waals surface area contributed by atoms with Gasteiger partial charge in [0.15, 0.2) is 0 Å². The van der Waals surface area contributed by atoms with Gasteiger partial charge in [0.05, 0.1) is 11.9 Å². The Balaban J connectivity index is 3.23. The SMILES string of the molecule is CC(C)OCCCCS(=O)(=O)O. The zero-order valence-electron chi connectivity index (χ0n) is 7.49. The third-order valence-corrected chi connectivity index (χ3v) is 2.05. The molecule has 5 heteroatoms. The summed E-state index contributed by atoms with van der Waals surface area (Å²) in [5.74, 6) is -0.172.